The minimum Gasteiger partial charge on any atom is -0.478 e. The number of carboxylic acids is 1. The number of rotatable bonds is 4. The van der Waals surface area contributed by atoms with Crippen molar-refractivity contribution < 1.29 is 18.3 Å². The van der Waals surface area contributed by atoms with E-state index in [2.05, 4.69) is 0 Å². The van der Waals surface area contributed by atoms with Gasteiger partial charge in [0.1, 0.15) is 0 Å². The van der Waals surface area contributed by atoms with Gasteiger partial charge in [-0.1, -0.05) is 24.3 Å². The Kier molecular flexibility index (Phi) is 4.01. The number of sulfonamides is 1. The van der Waals surface area contributed by atoms with Crippen LogP contribution in [0.3, 0.4) is 0 Å². The standard InChI is InChI=1S/C13H15NO4S/c15-13(16)12-6-4-5-11(9-12)10-19(17,18)14-7-2-1-3-8-14/h1-2,4-6,9H,3,7-8,10H2,(H,15,16). The average Bonchev–Trinajstić information content (AvgIpc) is 2.39. The highest BCUT2D eigenvalue weighted by molar-refractivity contribution is 7.88. The largest absolute Gasteiger partial charge is 0.478 e. The Bertz CT molecular complexity index is 607. The van der Waals surface area contributed by atoms with E-state index in [-0.39, 0.29) is 11.3 Å². The number of hydrogen-bond acceptors (Lipinski definition) is 3. The van der Waals surface area contributed by atoms with Gasteiger partial charge < -0.3 is 5.11 Å². The third-order valence-corrected chi connectivity index (χ3v) is 4.75. The Balaban J connectivity index is 2.18. The molecule has 0 unspecified atom stereocenters. The van der Waals surface area contributed by atoms with Crippen LogP contribution in [0.15, 0.2) is 36.4 Å². The second-order valence-corrected chi connectivity index (χ2v) is 6.35. The summed E-state index contributed by atoms with van der Waals surface area (Å²) < 4.78 is 25.8. The van der Waals surface area contributed by atoms with E-state index in [0.717, 1.165) is 0 Å². The lowest BCUT2D eigenvalue weighted by Gasteiger charge is -2.22. The normalized spacial score (nSPS) is 16.4. The Morgan fingerprint density at radius 3 is 2.74 bits per heavy atom. The molecule has 1 aliphatic heterocycles. The fraction of sp³-hybridized carbons (Fsp3) is 0.308. The molecule has 1 N–H and O–H groups in total. The number of aromatic carboxylic acids is 1. The predicted octanol–water partition coefficient (Wildman–Crippen LogP) is 1.48. The first kappa shape index (κ1) is 13.8. The van der Waals surface area contributed by atoms with Crippen LogP contribution in [0.2, 0.25) is 0 Å². The van der Waals surface area contributed by atoms with Crippen molar-refractivity contribution in [2.24, 2.45) is 0 Å². The Hall–Kier alpha value is -1.66. The molecule has 1 aromatic rings. The van der Waals surface area contributed by atoms with Gasteiger partial charge in [-0.2, -0.15) is 4.31 Å². The third-order valence-electron chi connectivity index (χ3n) is 2.94. The molecule has 0 atom stereocenters. The molecule has 0 aliphatic carbocycles. The van der Waals surface area contributed by atoms with Crippen LogP contribution in [0.5, 0.6) is 0 Å². The molecule has 1 aromatic carbocycles. The first-order valence-electron chi connectivity index (χ1n) is 5.94. The summed E-state index contributed by atoms with van der Waals surface area (Å²) in [4.78, 5) is 10.9. The molecule has 1 aliphatic rings. The van der Waals surface area contributed by atoms with E-state index in [1.807, 2.05) is 12.2 Å². The first-order chi connectivity index (χ1) is 8.99. The van der Waals surface area contributed by atoms with E-state index in [1.165, 1.54) is 16.4 Å². The lowest BCUT2D eigenvalue weighted by molar-refractivity contribution is 0.0696. The van der Waals surface area contributed by atoms with Crippen molar-refractivity contribution in [2.75, 3.05) is 13.1 Å². The van der Waals surface area contributed by atoms with Crippen molar-refractivity contribution in [1.82, 2.24) is 4.31 Å². The van der Waals surface area contributed by atoms with E-state index in [9.17, 15) is 13.2 Å². The lowest BCUT2D eigenvalue weighted by Crippen LogP contribution is -2.34. The van der Waals surface area contributed by atoms with Gasteiger partial charge in [-0.15, -0.1) is 0 Å². The maximum atomic E-state index is 12.2. The van der Waals surface area contributed by atoms with Crippen molar-refractivity contribution in [3.8, 4) is 0 Å². The molecular weight excluding hydrogens is 266 g/mol. The van der Waals surface area contributed by atoms with Gasteiger partial charge in [-0.3, -0.25) is 0 Å². The number of carboxylic acid groups (broad SMARTS) is 1. The minimum absolute atomic E-state index is 0.103. The van der Waals surface area contributed by atoms with Crippen LogP contribution in [-0.4, -0.2) is 36.9 Å². The SMILES string of the molecule is O=C(O)c1cccc(CS(=O)(=O)N2CC=CCC2)c1. The zero-order valence-electron chi connectivity index (χ0n) is 10.3. The van der Waals surface area contributed by atoms with Crippen LogP contribution in [-0.2, 0) is 15.8 Å². The molecule has 6 heteroatoms. The van der Waals surface area contributed by atoms with Gasteiger partial charge in [-0.05, 0) is 24.1 Å². The summed E-state index contributed by atoms with van der Waals surface area (Å²) in [6.45, 7) is 0.873. The number of benzene rings is 1. The summed E-state index contributed by atoms with van der Waals surface area (Å²) in [7, 11) is -3.39. The highest BCUT2D eigenvalue weighted by Crippen LogP contribution is 2.15. The molecule has 0 bridgehead atoms. The molecule has 0 radical (unpaired) electrons. The van der Waals surface area contributed by atoms with Gasteiger partial charge >= 0.3 is 5.97 Å². The van der Waals surface area contributed by atoms with Gasteiger partial charge in [-0.25, -0.2) is 13.2 Å². The summed E-state index contributed by atoms with van der Waals surface area (Å²) in [6.07, 6.45) is 4.50. The second-order valence-electron chi connectivity index (χ2n) is 4.38. The number of nitrogens with zero attached hydrogens (tertiary/aromatic N) is 1. The molecule has 2 rings (SSSR count). The summed E-state index contributed by atoms with van der Waals surface area (Å²) in [6, 6.07) is 6.04. The maximum Gasteiger partial charge on any atom is 0.335 e. The van der Waals surface area contributed by atoms with Crippen molar-refractivity contribution in [3.05, 3.63) is 47.5 Å². The van der Waals surface area contributed by atoms with Crippen LogP contribution in [0.25, 0.3) is 0 Å². The van der Waals surface area contributed by atoms with Gasteiger partial charge in [0.15, 0.2) is 0 Å². The molecule has 0 fully saturated rings. The summed E-state index contributed by atoms with van der Waals surface area (Å²) >= 11 is 0. The molecule has 0 spiro atoms. The van der Waals surface area contributed by atoms with E-state index < -0.39 is 16.0 Å². The average molecular weight is 281 g/mol. The monoisotopic (exact) mass is 281 g/mol. The number of hydrogen-bond donors (Lipinski definition) is 1. The molecule has 0 saturated heterocycles. The van der Waals surface area contributed by atoms with E-state index >= 15 is 0 Å². The Morgan fingerprint density at radius 2 is 2.11 bits per heavy atom. The molecule has 102 valence electrons. The molecule has 5 nitrogen and oxygen atoms in total. The van der Waals surface area contributed by atoms with Gasteiger partial charge in [0.05, 0.1) is 11.3 Å². The molecule has 0 amide bonds. The highest BCUT2D eigenvalue weighted by Gasteiger charge is 2.22. The van der Waals surface area contributed by atoms with Crippen LogP contribution in [0.1, 0.15) is 22.3 Å². The molecule has 0 aromatic heterocycles. The van der Waals surface area contributed by atoms with Crippen LogP contribution < -0.4 is 0 Å². The maximum absolute atomic E-state index is 12.2. The van der Waals surface area contributed by atoms with Crippen molar-refractivity contribution in [2.45, 2.75) is 12.2 Å². The van der Waals surface area contributed by atoms with E-state index in [1.54, 1.807) is 12.1 Å². The van der Waals surface area contributed by atoms with Crippen molar-refractivity contribution >= 4 is 16.0 Å². The predicted molar refractivity (Wildman–Crippen MR) is 71.4 cm³/mol. The highest BCUT2D eigenvalue weighted by atomic mass is 32.2. The minimum atomic E-state index is -3.39. The van der Waals surface area contributed by atoms with Crippen LogP contribution >= 0.6 is 0 Å². The van der Waals surface area contributed by atoms with Crippen molar-refractivity contribution in [3.63, 3.8) is 0 Å². The molecule has 1 heterocycles. The zero-order chi connectivity index (χ0) is 13.9. The Labute approximate surface area is 112 Å². The smallest absolute Gasteiger partial charge is 0.335 e. The molecule has 19 heavy (non-hydrogen) atoms. The topological polar surface area (TPSA) is 74.7 Å². The summed E-state index contributed by atoms with van der Waals surface area (Å²) in [5, 5.41) is 8.89. The first-order valence-corrected chi connectivity index (χ1v) is 7.55. The fourth-order valence-electron chi connectivity index (χ4n) is 1.97. The lowest BCUT2D eigenvalue weighted by atomic mass is 10.1. The van der Waals surface area contributed by atoms with Gasteiger partial charge in [0.25, 0.3) is 0 Å². The van der Waals surface area contributed by atoms with E-state index in [0.29, 0.717) is 25.1 Å². The van der Waals surface area contributed by atoms with E-state index in [4.69, 9.17) is 5.11 Å². The quantitative estimate of drug-likeness (QED) is 0.848. The van der Waals surface area contributed by atoms with Gasteiger partial charge in [0, 0.05) is 13.1 Å². The third kappa shape index (κ3) is 3.42. The summed E-state index contributed by atoms with van der Waals surface area (Å²) in [5.74, 6) is -1.22. The van der Waals surface area contributed by atoms with Crippen LogP contribution in [0, 0.1) is 0 Å². The fourth-order valence-corrected chi connectivity index (χ4v) is 3.45. The van der Waals surface area contributed by atoms with Crippen LogP contribution in [0.4, 0.5) is 0 Å². The van der Waals surface area contributed by atoms with Crippen molar-refractivity contribution in [1.29, 1.82) is 0 Å². The Morgan fingerprint density at radius 1 is 1.32 bits per heavy atom. The molecule has 0 saturated carbocycles. The molecular formula is C13H15NO4S. The number of carbonyl (C=O) groups is 1. The second kappa shape index (κ2) is 5.54. The summed E-state index contributed by atoms with van der Waals surface area (Å²) in [5.41, 5.74) is 0.598. The van der Waals surface area contributed by atoms with Gasteiger partial charge in [0.2, 0.25) is 10.0 Å². The zero-order valence-corrected chi connectivity index (χ0v) is 11.1.